The minimum Gasteiger partial charge on any atom is -1.00 e. The van der Waals surface area contributed by atoms with Crippen LogP contribution in [0.2, 0.25) is 0 Å². The largest absolute Gasteiger partial charge is 1.00 e. The number of rotatable bonds is 6. The molecule has 0 fully saturated rings. The quantitative estimate of drug-likeness (QED) is 0.184. The first-order valence-electron chi connectivity index (χ1n) is 9.84. The summed E-state index contributed by atoms with van der Waals surface area (Å²) in [5.74, 6) is 0.229. The van der Waals surface area contributed by atoms with Crippen LogP contribution in [0.1, 0.15) is 36.7 Å². The number of benzene rings is 3. The molecule has 0 spiro atoms. The molecule has 4 rings (SSSR count). The predicted molar refractivity (Wildman–Crippen MR) is 125 cm³/mol. The van der Waals surface area contributed by atoms with E-state index in [1.54, 1.807) is 6.07 Å². The summed E-state index contributed by atoms with van der Waals surface area (Å²) in [5.41, 5.74) is 3.07. The van der Waals surface area contributed by atoms with Crippen LogP contribution in [-0.2, 0) is 26.8 Å². The molecule has 0 bridgehead atoms. The Morgan fingerprint density at radius 1 is 0.886 bits per heavy atom. The van der Waals surface area contributed by atoms with Crippen molar-refractivity contribution in [3.05, 3.63) is 88.5 Å². The Labute approximate surface area is 251 Å². The molecule has 0 radical (unpaired) electrons. The van der Waals surface area contributed by atoms with Crippen molar-refractivity contribution in [3.8, 4) is 5.75 Å². The van der Waals surface area contributed by atoms with Gasteiger partial charge in [-0.2, -0.15) is 16.8 Å². The predicted octanol–water partition coefficient (Wildman–Crippen LogP) is -2.22. The molecule has 1 aliphatic heterocycles. The van der Waals surface area contributed by atoms with Gasteiger partial charge in [-0.25, -0.2) is 0 Å². The van der Waals surface area contributed by atoms with Crippen LogP contribution in [0.3, 0.4) is 0 Å². The molecule has 3 N–H and O–H groups in total. The molecular formula is C23H23NNa2O7S2. The van der Waals surface area contributed by atoms with E-state index in [-0.39, 0.29) is 89.8 Å². The van der Waals surface area contributed by atoms with Gasteiger partial charge in [0.25, 0.3) is 20.2 Å². The van der Waals surface area contributed by atoms with Gasteiger partial charge in [-0.3, -0.25) is 9.11 Å². The fraction of sp³-hybridized carbons (Fsp3) is 0.130. The minimum absolute atomic E-state index is 0. The number of ether oxygens (including phenoxy) is 1. The molecular weight excluding hydrogens is 512 g/mol. The molecule has 0 saturated carbocycles. The van der Waals surface area contributed by atoms with Crippen molar-refractivity contribution in [1.82, 2.24) is 5.32 Å². The molecule has 8 nitrogen and oxygen atoms in total. The average molecular weight is 536 g/mol. The molecule has 12 heteroatoms. The van der Waals surface area contributed by atoms with E-state index < -0.39 is 25.1 Å². The van der Waals surface area contributed by atoms with Gasteiger partial charge < -0.3 is 12.9 Å². The van der Waals surface area contributed by atoms with Gasteiger partial charge in [-0.15, -0.1) is 0 Å². The second kappa shape index (κ2) is 12.0. The van der Waals surface area contributed by atoms with Crippen molar-refractivity contribution >= 4 is 32.4 Å². The molecule has 1 aliphatic rings. The summed E-state index contributed by atoms with van der Waals surface area (Å²) < 4.78 is 72.2. The van der Waals surface area contributed by atoms with E-state index in [0.29, 0.717) is 12.1 Å². The summed E-state index contributed by atoms with van der Waals surface area (Å²) in [7, 11) is -7.79. The maximum absolute atomic E-state index is 12.1. The van der Waals surface area contributed by atoms with Crippen LogP contribution < -0.4 is 69.2 Å². The summed E-state index contributed by atoms with van der Waals surface area (Å²) in [5, 5.41) is 3.33. The third-order valence-electron chi connectivity index (χ3n) is 5.45. The van der Waals surface area contributed by atoms with Crippen LogP contribution in [0.25, 0.3) is 12.2 Å². The second-order valence-electron chi connectivity index (χ2n) is 7.50. The average Bonchev–Trinajstić information content (AvgIpc) is 3.20. The fourth-order valence-electron chi connectivity index (χ4n) is 3.87. The Morgan fingerprint density at radius 2 is 1.46 bits per heavy atom. The molecule has 0 saturated heterocycles. The molecule has 0 amide bonds. The minimum atomic E-state index is -4.58. The van der Waals surface area contributed by atoms with E-state index >= 15 is 0 Å². The Balaban J connectivity index is 0.00000324. The zero-order valence-corrected chi connectivity index (χ0v) is 25.1. The number of methoxy groups -OCH3 is 1. The molecule has 176 valence electrons. The van der Waals surface area contributed by atoms with E-state index in [4.69, 9.17) is 4.74 Å². The smallest absolute Gasteiger partial charge is 1.00 e. The summed E-state index contributed by atoms with van der Waals surface area (Å²) in [6, 6.07) is 16.3. The molecule has 3 aromatic rings. The van der Waals surface area contributed by atoms with E-state index in [1.165, 1.54) is 43.5 Å². The van der Waals surface area contributed by atoms with Crippen molar-refractivity contribution in [2.75, 3.05) is 7.11 Å². The van der Waals surface area contributed by atoms with Crippen LogP contribution in [-0.4, -0.2) is 33.1 Å². The van der Waals surface area contributed by atoms with Gasteiger partial charge in [0.15, 0.2) is 0 Å². The molecule has 1 unspecified atom stereocenters. The maximum Gasteiger partial charge on any atom is 1.00 e. The molecule has 0 aliphatic carbocycles. The van der Waals surface area contributed by atoms with Gasteiger partial charge in [0.2, 0.25) is 0 Å². The van der Waals surface area contributed by atoms with Crippen molar-refractivity contribution in [1.29, 1.82) is 0 Å². The van der Waals surface area contributed by atoms with E-state index in [0.717, 1.165) is 17.2 Å². The Morgan fingerprint density at radius 3 is 2.06 bits per heavy atom. The van der Waals surface area contributed by atoms with E-state index in [2.05, 4.69) is 5.32 Å². The molecule has 1 heterocycles. The van der Waals surface area contributed by atoms with Gasteiger partial charge in [-0.1, -0.05) is 48.6 Å². The zero-order valence-electron chi connectivity index (χ0n) is 21.5. The second-order valence-corrected chi connectivity index (χ2v) is 10.3. The van der Waals surface area contributed by atoms with Crippen LogP contribution >= 0.6 is 0 Å². The third kappa shape index (κ3) is 6.85. The first-order valence-corrected chi connectivity index (χ1v) is 12.7. The Kier molecular flexibility index (Phi) is 10.4. The molecule has 0 aromatic heterocycles. The Hall–Kier alpha value is -1.02. The van der Waals surface area contributed by atoms with Crippen LogP contribution in [0.15, 0.2) is 70.5 Å². The monoisotopic (exact) mass is 535 g/mol. The summed E-state index contributed by atoms with van der Waals surface area (Å²) in [6.45, 7) is 0.638. The topological polar surface area (TPSA) is 130 Å². The fourth-order valence-corrected chi connectivity index (χ4v) is 5.29. The van der Waals surface area contributed by atoms with Gasteiger partial charge in [0, 0.05) is 12.6 Å². The van der Waals surface area contributed by atoms with Crippen molar-refractivity contribution in [2.45, 2.75) is 22.4 Å². The number of hydrogen-bond donors (Lipinski definition) is 3. The van der Waals surface area contributed by atoms with E-state index in [1.807, 2.05) is 24.3 Å². The molecule has 3 aromatic carbocycles. The maximum atomic E-state index is 12.1. The normalized spacial score (nSPS) is 15.2. The first-order chi connectivity index (χ1) is 15.6. The third-order valence-corrected chi connectivity index (χ3v) is 7.27. The van der Waals surface area contributed by atoms with E-state index in [9.17, 15) is 25.9 Å². The standard InChI is InChI=1S/C23H21NO7S2.2Na.2H/c1-31-19-11-10-16(22(13-19)33(28,29)30)7-6-15-8-9-17(12-21(15)32(25,26)27)23-20-5-3-2-4-18(20)14-24-23;;;;/h2-13,23-24H,14H2,1H3,(H,25,26,27)(H,28,29,30);;;;/q;2*+1;2*-1. The van der Waals surface area contributed by atoms with Crippen molar-refractivity contribution in [3.63, 3.8) is 0 Å². The summed E-state index contributed by atoms with van der Waals surface area (Å²) in [6.07, 6.45) is 2.70. The number of hydrogen-bond acceptors (Lipinski definition) is 6. The summed E-state index contributed by atoms with van der Waals surface area (Å²) >= 11 is 0. The molecule has 1 atom stereocenters. The summed E-state index contributed by atoms with van der Waals surface area (Å²) in [4.78, 5) is -0.709. The zero-order chi connectivity index (χ0) is 23.8. The van der Waals surface area contributed by atoms with Crippen LogP contribution in [0.5, 0.6) is 5.75 Å². The molecule has 35 heavy (non-hydrogen) atoms. The van der Waals surface area contributed by atoms with Crippen molar-refractivity contribution < 1.29 is 92.6 Å². The van der Waals surface area contributed by atoms with Gasteiger partial charge in [-0.05, 0) is 46.0 Å². The van der Waals surface area contributed by atoms with Crippen LogP contribution in [0.4, 0.5) is 0 Å². The Bertz CT molecular complexity index is 1480. The number of nitrogens with one attached hydrogen (secondary N) is 1. The SMILES string of the molecule is COc1ccc(C=Cc2ccc(C3NCc4ccccc43)cc2S(=O)(=O)O)c(S(=O)(=O)O)c1.[H-].[H-].[Na+].[Na+]. The number of fused-ring (bicyclic) bond motifs is 1. The van der Waals surface area contributed by atoms with Gasteiger partial charge in [0.05, 0.1) is 13.2 Å². The van der Waals surface area contributed by atoms with Crippen molar-refractivity contribution in [2.24, 2.45) is 0 Å². The van der Waals surface area contributed by atoms with Gasteiger partial charge in [0.1, 0.15) is 15.5 Å². The van der Waals surface area contributed by atoms with Gasteiger partial charge >= 0.3 is 59.1 Å². The first kappa shape index (κ1) is 30.2. The van der Waals surface area contributed by atoms with Crippen LogP contribution in [0, 0.1) is 0 Å².